The monoisotopic (exact) mass is 374 g/mol. The van der Waals surface area contributed by atoms with E-state index in [1.54, 1.807) is 0 Å². The normalized spacial score (nSPS) is 12.8. The van der Waals surface area contributed by atoms with Crippen molar-refractivity contribution >= 4 is 10.1 Å². The topological polar surface area (TPSA) is 77.4 Å². The summed E-state index contributed by atoms with van der Waals surface area (Å²) in [5.41, 5.74) is 0. The maximum atomic E-state index is 10.4. The van der Waals surface area contributed by atoms with Crippen LogP contribution in [0.4, 0.5) is 0 Å². The van der Waals surface area contributed by atoms with E-state index in [0.29, 0.717) is 19.3 Å². The van der Waals surface area contributed by atoms with Crippen molar-refractivity contribution in [2.24, 2.45) is 0 Å². The van der Waals surface area contributed by atoms with Gasteiger partial charge in [0.2, 0.25) is 0 Å². The predicted molar refractivity (Wildman–Crippen MR) is 90.9 cm³/mol. The van der Waals surface area contributed by atoms with E-state index in [0.717, 1.165) is 12.8 Å². The van der Waals surface area contributed by atoms with E-state index in [1.165, 1.54) is 57.8 Å². The first-order valence-corrected chi connectivity index (χ1v) is 10.6. The van der Waals surface area contributed by atoms with Gasteiger partial charge in [-0.1, -0.05) is 71.1 Å². The van der Waals surface area contributed by atoms with Crippen LogP contribution in [0.2, 0.25) is 0 Å². The van der Waals surface area contributed by atoms with Gasteiger partial charge < -0.3 is 9.66 Å². The van der Waals surface area contributed by atoms with Crippen LogP contribution in [-0.4, -0.2) is 29.9 Å². The first-order chi connectivity index (χ1) is 10.5. The van der Waals surface area contributed by atoms with Gasteiger partial charge in [0.25, 0.3) is 0 Å². The summed E-state index contributed by atoms with van der Waals surface area (Å²) in [4.78, 5) is 0. The molecular weight excluding hydrogens is 339 g/mol. The van der Waals surface area contributed by atoms with Crippen LogP contribution >= 0.6 is 0 Å². The molecule has 0 aromatic heterocycles. The molecule has 0 aliphatic heterocycles. The molecule has 0 aliphatic carbocycles. The molecule has 134 valence electrons. The molecule has 0 rings (SSSR count). The zero-order chi connectivity index (χ0) is 16.7. The van der Waals surface area contributed by atoms with Crippen LogP contribution in [0.15, 0.2) is 0 Å². The quantitative estimate of drug-likeness (QED) is 0.251. The maximum absolute atomic E-state index is 10.4. The second kappa shape index (κ2) is 18.3. The number of rotatable bonds is 16. The Morgan fingerprint density at radius 2 is 1.17 bits per heavy atom. The zero-order valence-electron chi connectivity index (χ0n) is 15.3. The fourth-order valence-corrected chi connectivity index (χ4v) is 3.23. The van der Waals surface area contributed by atoms with Gasteiger partial charge in [-0.15, -0.1) is 0 Å². The van der Waals surface area contributed by atoms with Crippen molar-refractivity contribution in [2.75, 3.05) is 5.75 Å². The minimum Gasteiger partial charge on any atom is -0.748 e. The third-order valence-electron chi connectivity index (χ3n) is 4.07. The number of hydrogen-bond donors (Lipinski definition) is 1. The van der Waals surface area contributed by atoms with Gasteiger partial charge in [0.1, 0.15) is 0 Å². The molecular formula is C17H35KO4S. The van der Waals surface area contributed by atoms with Gasteiger partial charge in [-0.25, -0.2) is 8.42 Å². The van der Waals surface area contributed by atoms with Crippen LogP contribution in [0, 0.1) is 0 Å². The summed E-state index contributed by atoms with van der Waals surface area (Å²) in [5, 5.41) is 9.77. The van der Waals surface area contributed by atoms with Crippen LogP contribution in [0.1, 0.15) is 96.8 Å². The molecule has 0 bridgehead atoms. The second-order valence-electron chi connectivity index (χ2n) is 6.38. The van der Waals surface area contributed by atoms with E-state index in [2.05, 4.69) is 6.92 Å². The minimum atomic E-state index is -4.09. The van der Waals surface area contributed by atoms with Crippen molar-refractivity contribution in [1.82, 2.24) is 0 Å². The molecule has 0 spiro atoms. The molecule has 1 atom stereocenters. The molecule has 0 aromatic carbocycles. The molecule has 0 aromatic rings. The van der Waals surface area contributed by atoms with Crippen LogP contribution in [0.25, 0.3) is 0 Å². The Morgan fingerprint density at radius 1 is 0.783 bits per heavy atom. The molecule has 4 nitrogen and oxygen atoms in total. The van der Waals surface area contributed by atoms with Crippen molar-refractivity contribution in [3.63, 3.8) is 0 Å². The van der Waals surface area contributed by atoms with E-state index in [-0.39, 0.29) is 63.2 Å². The molecule has 0 saturated heterocycles. The molecule has 1 unspecified atom stereocenters. The van der Waals surface area contributed by atoms with Gasteiger partial charge in [-0.3, -0.25) is 0 Å². The summed E-state index contributed by atoms with van der Waals surface area (Å²) < 4.78 is 31.3. The first kappa shape index (κ1) is 26.7. The van der Waals surface area contributed by atoms with Gasteiger partial charge in [0.15, 0.2) is 0 Å². The van der Waals surface area contributed by atoms with Gasteiger partial charge >= 0.3 is 51.4 Å². The van der Waals surface area contributed by atoms with Crippen molar-refractivity contribution in [3.05, 3.63) is 0 Å². The molecule has 0 amide bonds. The first-order valence-electron chi connectivity index (χ1n) is 9.07. The molecule has 0 aliphatic rings. The van der Waals surface area contributed by atoms with E-state index in [4.69, 9.17) is 0 Å². The van der Waals surface area contributed by atoms with E-state index in [9.17, 15) is 18.1 Å². The van der Waals surface area contributed by atoms with Crippen molar-refractivity contribution in [3.8, 4) is 0 Å². The summed E-state index contributed by atoms with van der Waals surface area (Å²) >= 11 is 0. The van der Waals surface area contributed by atoms with Crippen molar-refractivity contribution in [1.29, 1.82) is 0 Å². The fraction of sp³-hybridized carbons (Fsp3) is 1.00. The Morgan fingerprint density at radius 3 is 1.61 bits per heavy atom. The smallest absolute Gasteiger partial charge is 0.748 e. The van der Waals surface area contributed by atoms with Crippen molar-refractivity contribution < 1.29 is 69.5 Å². The number of aliphatic hydroxyl groups is 1. The third-order valence-corrected chi connectivity index (χ3v) is 4.86. The van der Waals surface area contributed by atoms with Gasteiger partial charge in [0.05, 0.1) is 16.2 Å². The third kappa shape index (κ3) is 23.5. The fourth-order valence-electron chi connectivity index (χ4n) is 2.67. The summed E-state index contributed by atoms with van der Waals surface area (Å²) in [7, 11) is -4.09. The molecule has 0 radical (unpaired) electrons. The van der Waals surface area contributed by atoms with Crippen LogP contribution < -0.4 is 51.4 Å². The Hall–Kier alpha value is 1.51. The minimum absolute atomic E-state index is 0. The van der Waals surface area contributed by atoms with Gasteiger partial charge in [-0.2, -0.15) is 0 Å². The van der Waals surface area contributed by atoms with Crippen molar-refractivity contribution in [2.45, 2.75) is 103 Å². The average Bonchev–Trinajstić information content (AvgIpc) is 2.44. The number of hydrogen-bond acceptors (Lipinski definition) is 4. The molecule has 0 fully saturated rings. The number of unbranched alkanes of at least 4 members (excludes halogenated alkanes) is 10. The molecule has 0 heterocycles. The molecule has 6 heteroatoms. The van der Waals surface area contributed by atoms with Crippen LogP contribution in [0.3, 0.4) is 0 Å². The molecule has 0 saturated carbocycles. The molecule has 1 N–H and O–H groups in total. The van der Waals surface area contributed by atoms with Crippen LogP contribution in [0.5, 0.6) is 0 Å². The Kier molecular flexibility index (Phi) is 21.3. The van der Waals surface area contributed by atoms with Crippen LogP contribution in [-0.2, 0) is 10.1 Å². The SMILES string of the molecule is CCCCCCCCCCCCC(O)CCCCS(=O)(=O)[O-].[K+]. The predicted octanol–water partition coefficient (Wildman–Crippen LogP) is 1.38. The largest absolute Gasteiger partial charge is 1.00 e. The Bertz CT molecular complexity index is 333. The number of aliphatic hydroxyl groups excluding tert-OH is 1. The van der Waals surface area contributed by atoms with E-state index < -0.39 is 10.1 Å². The summed E-state index contributed by atoms with van der Waals surface area (Å²) in [6.07, 6.45) is 14.9. The standard InChI is InChI=1S/C17H36O4S.K/c1-2-3-4-5-6-7-8-9-10-11-14-17(18)15-12-13-16-22(19,20)21;/h17-18H,2-16H2,1H3,(H,19,20,21);/q;+1/p-1. The van der Waals surface area contributed by atoms with E-state index in [1.807, 2.05) is 0 Å². The summed E-state index contributed by atoms with van der Waals surface area (Å²) in [6, 6.07) is 0. The molecule has 23 heavy (non-hydrogen) atoms. The maximum Gasteiger partial charge on any atom is 1.00 e. The van der Waals surface area contributed by atoms with Gasteiger partial charge in [-0.05, 0) is 25.7 Å². The second-order valence-corrected chi connectivity index (χ2v) is 7.91. The summed E-state index contributed by atoms with van der Waals surface area (Å²) in [6.45, 7) is 2.24. The zero-order valence-corrected chi connectivity index (χ0v) is 19.2. The Labute approximate surface area is 186 Å². The van der Waals surface area contributed by atoms with Gasteiger partial charge in [0, 0.05) is 5.75 Å². The Balaban J connectivity index is 0. The van der Waals surface area contributed by atoms with E-state index >= 15 is 0 Å². The summed E-state index contributed by atoms with van der Waals surface area (Å²) in [5.74, 6) is -0.308. The average molecular weight is 375 g/mol.